The molecular formula is C16H16BrN3O3. The highest BCUT2D eigenvalue weighted by molar-refractivity contribution is 9.10. The van der Waals surface area contributed by atoms with E-state index in [2.05, 4.69) is 21.0 Å². The van der Waals surface area contributed by atoms with Crippen LogP contribution < -0.4 is 15.0 Å². The van der Waals surface area contributed by atoms with Gasteiger partial charge >= 0.3 is 0 Å². The van der Waals surface area contributed by atoms with Crippen molar-refractivity contribution in [2.75, 3.05) is 14.2 Å². The predicted octanol–water partition coefficient (Wildman–Crippen LogP) is 2.56. The van der Waals surface area contributed by atoms with Crippen LogP contribution in [0.5, 0.6) is 11.5 Å². The van der Waals surface area contributed by atoms with Gasteiger partial charge in [-0.25, -0.2) is 4.68 Å². The second-order valence-corrected chi connectivity index (χ2v) is 5.81. The Hall–Kier alpha value is -2.33. The molecule has 0 radical (unpaired) electrons. The summed E-state index contributed by atoms with van der Waals surface area (Å²) in [5.41, 5.74) is 1.77. The summed E-state index contributed by atoms with van der Waals surface area (Å²) in [7, 11) is 3.10. The zero-order valence-corrected chi connectivity index (χ0v) is 14.9. The van der Waals surface area contributed by atoms with Gasteiger partial charge in [0.05, 0.1) is 26.5 Å². The van der Waals surface area contributed by atoms with Gasteiger partial charge in [0.1, 0.15) is 11.6 Å². The summed E-state index contributed by atoms with van der Waals surface area (Å²) in [4.78, 5) is 12.4. The highest BCUT2D eigenvalue weighted by Crippen LogP contribution is 2.33. The first-order valence-corrected chi connectivity index (χ1v) is 7.61. The molecule has 0 amide bonds. The number of hydrogen-bond acceptors (Lipinski definition) is 5. The van der Waals surface area contributed by atoms with Crippen molar-refractivity contribution in [3.8, 4) is 17.6 Å². The lowest BCUT2D eigenvalue weighted by atomic mass is 10.1. The molecule has 6 nitrogen and oxygen atoms in total. The fourth-order valence-electron chi connectivity index (χ4n) is 2.19. The lowest BCUT2D eigenvalue weighted by molar-refractivity contribution is 0.354. The number of halogens is 1. The second-order valence-electron chi connectivity index (χ2n) is 4.96. The highest BCUT2D eigenvalue weighted by atomic mass is 79.9. The first-order chi connectivity index (χ1) is 10.9. The molecule has 0 spiro atoms. The minimum Gasteiger partial charge on any atom is -0.493 e. The maximum atomic E-state index is 12.4. The number of ether oxygens (including phenoxy) is 2. The standard InChI is InChI=1S/C16H16BrN3O3/c1-9-10(2)19-20(16(21)12(9)7-18)8-11-5-14(22-3)15(23-4)6-13(11)17/h5-6H,8H2,1-4H3. The number of nitrogens with zero attached hydrogens (tertiary/aromatic N) is 3. The smallest absolute Gasteiger partial charge is 0.285 e. The van der Waals surface area contributed by atoms with Gasteiger partial charge in [0.25, 0.3) is 5.56 Å². The minimum atomic E-state index is -0.405. The Kier molecular flexibility index (Phi) is 5.06. The third-order valence-corrected chi connectivity index (χ3v) is 4.36. The van der Waals surface area contributed by atoms with Gasteiger partial charge in [-0.1, -0.05) is 15.9 Å². The number of aryl methyl sites for hydroxylation is 1. The molecule has 0 atom stereocenters. The predicted molar refractivity (Wildman–Crippen MR) is 89.0 cm³/mol. The normalized spacial score (nSPS) is 10.3. The molecular weight excluding hydrogens is 362 g/mol. The van der Waals surface area contributed by atoms with Gasteiger partial charge in [0.15, 0.2) is 11.5 Å². The second kappa shape index (κ2) is 6.84. The molecule has 0 unspecified atom stereocenters. The SMILES string of the molecule is COc1cc(Br)c(Cn2nc(C)c(C)c(C#N)c2=O)cc1OC. The molecule has 1 aromatic heterocycles. The third kappa shape index (κ3) is 3.22. The summed E-state index contributed by atoms with van der Waals surface area (Å²) >= 11 is 3.46. The lowest BCUT2D eigenvalue weighted by Gasteiger charge is -2.13. The highest BCUT2D eigenvalue weighted by Gasteiger charge is 2.15. The van der Waals surface area contributed by atoms with Gasteiger partial charge in [0.2, 0.25) is 0 Å². The van der Waals surface area contributed by atoms with Crippen LogP contribution in [0.2, 0.25) is 0 Å². The van der Waals surface area contributed by atoms with E-state index in [0.717, 1.165) is 10.0 Å². The third-order valence-electron chi connectivity index (χ3n) is 3.62. The van der Waals surface area contributed by atoms with Crippen molar-refractivity contribution < 1.29 is 9.47 Å². The van der Waals surface area contributed by atoms with Crippen molar-refractivity contribution in [2.24, 2.45) is 0 Å². The number of rotatable bonds is 4. The van der Waals surface area contributed by atoms with Crippen LogP contribution in [0.25, 0.3) is 0 Å². The van der Waals surface area contributed by atoms with E-state index in [0.29, 0.717) is 22.8 Å². The fraction of sp³-hybridized carbons (Fsp3) is 0.312. The Morgan fingerprint density at radius 1 is 1.26 bits per heavy atom. The summed E-state index contributed by atoms with van der Waals surface area (Å²) in [6, 6.07) is 5.50. The summed E-state index contributed by atoms with van der Waals surface area (Å²) in [5.74, 6) is 1.14. The molecule has 0 aliphatic carbocycles. The molecule has 2 aromatic rings. The average Bonchev–Trinajstić information content (AvgIpc) is 2.54. The van der Waals surface area contributed by atoms with Gasteiger partial charge in [-0.2, -0.15) is 10.4 Å². The molecule has 2 rings (SSSR count). The van der Waals surface area contributed by atoms with Gasteiger partial charge in [-0.05, 0) is 37.1 Å². The average molecular weight is 378 g/mol. The molecule has 1 aromatic carbocycles. The number of methoxy groups -OCH3 is 2. The number of hydrogen-bond donors (Lipinski definition) is 0. The fourth-order valence-corrected chi connectivity index (χ4v) is 2.64. The lowest BCUT2D eigenvalue weighted by Crippen LogP contribution is -2.28. The van der Waals surface area contributed by atoms with Gasteiger partial charge in [0, 0.05) is 4.47 Å². The summed E-state index contributed by atoms with van der Waals surface area (Å²) < 4.78 is 12.6. The molecule has 0 saturated heterocycles. The van der Waals surface area contributed by atoms with Gasteiger partial charge in [-0.3, -0.25) is 4.79 Å². The van der Waals surface area contributed by atoms with E-state index < -0.39 is 5.56 Å². The maximum Gasteiger partial charge on any atom is 0.285 e. The van der Waals surface area contributed by atoms with Crippen molar-refractivity contribution in [3.05, 3.63) is 49.3 Å². The quantitative estimate of drug-likeness (QED) is 0.817. The van der Waals surface area contributed by atoms with E-state index in [1.807, 2.05) is 6.07 Å². The van der Waals surface area contributed by atoms with Gasteiger partial charge in [-0.15, -0.1) is 0 Å². The molecule has 0 N–H and O–H groups in total. The van der Waals surface area contributed by atoms with Crippen molar-refractivity contribution in [1.29, 1.82) is 5.26 Å². The van der Waals surface area contributed by atoms with Crippen molar-refractivity contribution in [3.63, 3.8) is 0 Å². The van der Waals surface area contributed by atoms with Crippen LogP contribution in [-0.2, 0) is 6.54 Å². The molecule has 1 heterocycles. The van der Waals surface area contributed by atoms with Crippen molar-refractivity contribution >= 4 is 15.9 Å². The van der Waals surface area contributed by atoms with Crippen molar-refractivity contribution in [2.45, 2.75) is 20.4 Å². The zero-order valence-electron chi connectivity index (χ0n) is 13.3. The molecule has 23 heavy (non-hydrogen) atoms. The largest absolute Gasteiger partial charge is 0.493 e. The Labute approximate surface area is 142 Å². The van der Waals surface area contributed by atoms with Crippen molar-refractivity contribution in [1.82, 2.24) is 9.78 Å². The van der Waals surface area contributed by atoms with Crippen LogP contribution in [0.3, 0.4) is 0 Å². The molecule has 120 valence electrons. The summed E-state index contributed by atoms with van der Waals surface area (Å²) in [5, 5.41) is 13.5. The molecule has 0 saturated carbocycles. The molecule has 0 fully saturated rings. The van der Waals surface area contributed by atoms with E-state index in [9.17, 15) is 10.1 Å². The first-order valence-electron chi connectivity index (χ1n) is 6.81. The number of benzene rings is 1. The van der Waals surface area contributed by atoms with Crippen LogP contribution in [-0.4, -0.2) is 24.0 Å². The Morgan fingerprint density at radius 3 is 2.43 bits per heavy atom. The van der Waals surface area contributed by atoms with Crippen LogP contribution in [0.15, 0.2) is 21.4 Å². The van der Waals surface area contributed by atoms with Crippen LogP contribution in [0.4, 0.5) is 0 Å². The van der Waals surface area contributed by atoms with Crippen LogP contribution in [0, 0.1) is 25.2 Å². The zero-order chi connectivity index (χ0) is 17.1. The van der Waals surface area contributed by atoms with E-state index >= 15 is 0 Å². The van der Waals surface area contributed by atoms with Crippen LogP contribution in [0.1, 0.15) is 22.4 Å². The van der Waals surface area contributed by atoms with E-state index in [-0.39, 0.29) is 12.1 Å². The monoisotopic (exact) mass is 377 g/mol. The van der Waals surface area contributed by atoms with E-state index in [1.165, 1.54) is 4.68 Å². The van der Waals surface area contributed by atoms with E-state index in [4.69, 9.17) is 9.47 Å². The Bertz CT molecular complexity index is 853. The van der Waals surface area contributed by atoms with Crippen LogP contribution >= 0.6 is 15.9 Å². The molecule has 0 aliphatic rings. The summed E-state index contributed by atoms with van der Waals surface area (Å²) in [6.07, 6.45) is 0. The number of aromatic nitrogens is 2. The maximum absolute atomic E-state index is 12.4. The topological polar surface area (TPSA) is 77.1 Å². The minimum absolute atomic E-state index is 0.120. The Balaban J connectivity index is 2.55. The molecule has 0 aliphatic heterocycles. The number of nitriles is 1. The molecule has 0 bridgehead atoms. The van der Waals surface area contributed by atoms with E-state index in [1.54, 1.807) is 40.2 Å². The van der Waals surface area contributed by atoms with Gasteiger partial charge < -0.3 is 9.47 Å². The molecule has 7 heteroatoms. The summed E-state index contributed by atoms with van der Waals surface area (Å²) in [6.45, 7) is 3.71. The first kappa shape index (κ1) is 17.0. The Morgan fingerprint density at radius 2 is 1.87 bits per heavy atom.